The van der Waals surface area contributed by atoms with Gasteiger partial charge in [0.2, 0.25) is 11.8 Å². The number of nitrogens with zero attached hydrogens (tertiary/aromatic N) is 3. The fraction of sp³-hybridized carbons (Fsp3) is 0.526. The van der Waals surface area contributed by atoms with E-state index in [0.29, 0.717) is 30.4 Å². The fourth-order valence-corrected chi connectivity index (χ4v) is 4.27. The molecule has 28 heavy (non-hydrogen) atoms. The van der Waals surface area contributed by atoms with Crippen LogP contribution in [0.2, 0.25) is 5.02 Å². The molecular formula is C19H26ClN5O2S+2. The maximum atomic E-state index is 11.8. The van der Waals surface area contributed by atoms with Gasteiger partial charge in [-0.25, -0.2) is 0 Å². The van der Waals surface area contributed by atoms with Crippen molar-refractivity contribution in [2.45, 2.75) is 32.6 Å². The van der Waals surface area contributed by atoms with E-state index in [9.17, 15) is 4.79 Å². The van der Waals surface area contributed by atoms with E-state index in [1.54, 1.807) is 14.5 Å². The molecule has 0 aliphatic carbocycles. The minimum Gasteiger partial charge on any atom is -0.412 e. The summed E-state index contributed by atoms with van der Waals surface area (Å²) in [4.78, 5) is 17.0. The molecule has 0 bridgehead atoms. The first-order chi connectivity index (χ1) is 13.6. The number of quaternary nitrogens is 2. The topological polar surface area (TPSA) is 60.1 Å². The zero-order chi connectivity index (χ0) is 19.5. The van der Waals surface area contributed by atoms with Gasteiger partial charge in [-0.1, -0.05) is 23.7 Å². The number of hydrogen-bond acceptors (Lipinski definition) is 4. The summed E-state index contributed by atoms with van der Waals surface area (Å²) in [6, 6.07) is 8.13. The van der Waals surface area contributed by atoms with E-state index >= 15 is 0 Å². The summed E-state index contributed by atoms with van der Waals surface area (Å²) in [6.45, 7) is 7.29. The van der Waals surface area contributed by atoms with E-state index in [-0.39, 0.29) is 5.91 Å². The highest BCUT2D eigenvalue weighted by Gasteiger charge is 2.25. The van der Waals surface area contributed by atoms with Gasteiger partial charge >= 0.3 is 0 Å². The van der Waals surface area contributed by atoms with Crippen molar-refractivity contribution in [2.24, 2.45) is 0 Å². The van der Waals surface area contributed by atoms with Crippen molar-refractivity contribution >= 4 is 29.7 Å². The Hall–Kier alpha value is -1.74. The monoisotopic (exact) mass is 423 g/mol. The van der Waals surface area contributed by atoms with E-state index in [4.69, 9.17) is 28.2 Å². The van der Waals surface area contributed by atoms with Gasteiger partial charge in [-0.15, -0.1) is 5.10 Å². The lowest BCUT2D eigenvalue weighted by Gasteiger charge is -2.29. The van der Waals surface area contributed by atoms with Crippen LogP contribution >= 0.6 is 23.8 Å². The summed E-state index contributed by atoms with van der Waals surface area (Å²) >= 11 is 11.3. The Labute approximate surface area is 174 Å². The highest BCUT2D eigenvalue weighted by atomic mass is 35.5. The number of piperazine rings is 1. The summed E-state index contributed by atoms with van der Waals surface area (Å²) in [5, 5.41) is 5.29. The molecule has 2 N–H and O–H groups in total. The quantitative estimate of drug-likeness (QED) is 0.638. The van der Waals surface area contributed by atoms with E-state index in [1.807, 2.05) is 12.1 Å². The molecule has 0 atom stereocenters. The van der Waals surface area contributed by atoms with E-state index in [2.05, 4.69) is 17.2 Å². The van der Waals surface area contributed by atoms with Crippen LogP contribution in [0.15, 0.2) is 28.7 Å². The minimum atomic E-state index is 0.168. The SMILES string of the molecule is O=C1CCCN1Cc1nn(C[NH+]2CC[NH+](Cc3ccc(Cl)cc3)CC2)c(=S)o1. The molecule has 1 aromatic heterocycles. The second-order valence-corrected chi connectivity index (χ2v) is 8.43. The third kappa shape index (κ3) is 4.81. The molecule has 2 aliphatic rings. The number of aromatic nitrogens is 2. The second-order valence-electron chi connectivity index (χ2n) is 7.64. The Bertz CT molecular complexity index is 873. The molecule has 0 unspecified atom stereocenters. The van der Waals surface area contributed by atoms with Gasteiger partial charge in [0.05, 0.1) is 6.54 Å². The van der Waals surface area contributed by atoms with Gasteiger partial charge in [0.15, 0.2) is 6.67 Å². The Morgan fingerprint density at radius 3 is 2.54 bits per heavy atom. The molecule has 0 radical (unpaired) electrons. The Morgan fingerprint density at radius 1 is 1.14 bits per heavy atom. The van der Waals surface area contributed by atoms with Gasteiger partial charge in [-0.2, -0.15) is 4.68 Å². The lowest BCUT2D eigenvalue weighted by Crippen LogP contribution is -3.27. The van der Waals surface area contributed by atoms with Crippen molar-refractivity contribution in [3.63, 3.8) is 0 Å². The van der Waals surface area contributed by atoms with Crippen molar-refractivity contribution < 1.29 is 19.0 Å². The van der Waals surface area contributed by atoms with E-state index in [0.717, 1.165) is 50.7 Å². The predicted molar refractivity (Wildman–Crippen MR) is 107 cm³/mol. The summed E-state index contributed by atoms with van der Waals surface area (Å²) < 4.78 is 7.39. The van der Waals surface area contributed by atoms with Crippen molar-refractivity contribution in [1.29, 1.82) is 0 Å². The average Bonchev–Trinajstić information content (AvgIpc) is 3.24. The van der Waals surface area contributed by atoms with Crippen LogP contribution in [0, 0.1) is 4.84 Å². The van der Waals surface area contributed by atoms with Crippen LogP contribution in [0.25, 0.3) is 0 Å². The molecular weight excluding hydrogens is 398 g/mol. The second kappa shape index (κ2) is 8.73. The van der Waals surface area contributed by atoms with E-state index < -0.39 is 0 Å². The van der Waals surface area contributed by atoms with Crippen LogP contribution in [-0.4, -0.2) is 53.3 Å². The molecule has 3 heterocycles. The number of rotatable bonds is 6. The highest BCUT2D eigenvalue weighted by molar-refractivity contribution is 7.71. The first-order valence-corrected chi connectivity index (χ1v) is 10.6. The largest absolute Gasteiger partial charge is 0.412 e. The molecule has 2 aromatic rings. The number of amides is 1. The number of hydrogen-bond donors (Lipinski definition) is 2. The van der Waals surface area contributed by atoms with Crippen LogP contribution in [0.4, 0.5) is 0 Å². The van der Waals surface area contributed by atoms with E-state index in [1.165, 1.54) is 10.5 Å². The fourth-order valence-electron chi connectivity index (χ4n) is 3.94. The molecule has 9 heteroatoms. The Balaban J connectivity index is 1.28. The number of likely N-dealkylation sites (tertiary alicyclic amines) is 1. The summed E-state index contributed by atoms with van der Waals surface area (Å²) in [7, 11) is 0. The van der Waals surface area contributed by atoms with Crippen molar-refractivity contribution in [3.8, 4) is 0 Å². The number of halogens is 1. The molecule has 7 nitrogen and oxygen atoms in total. The lowest BCUT2D eigenvalue weighted by molar-refractivity contribution is -1.03. The molecule has 150 valence electrons. The maximum absolute atomic E-state index is 11.8. The Kier molecular flexibility index (Phi) is 6.10. The molecule has 2 fully saturated rings. The van der Waals surface area contributed by atoms with Gasteiger partial charge in [-0.3, -0.25) is 4.79 Å². The zero-order valence-corrected chi connectivity index (χ0v) is 17.4. The normalized spacial score (nSPS) is 22.8. The molecule has 4 rings (SSSR count). The number of carbonyl (C=O) groups excluding carboxylic acids is 1. The van der Waals surface area contributed by atoms with Crippen LogP contribution in [0.5, 0.6) is 0 Å². The number of carbonyl (C=O) groups is 1. The predicted octanol–water partition coefficient (Wildman–Crippen LogP) is -0.0775. The molecule has 0 saturated carbocycles. The van der Waals surface area contributed by atoms with Crippen LogP contribution in [0.1, 0.15) is 24.3 Å². The van der Waals surface area contributed by atoms with Crippen molar-refractivity contribution in [1.82, 2.24) is 14.7 Å². The minimum absolute atomic E-state index is 0.168. The third-order valence-electron chi connectivity index (χ3n) is 5.55. The molecule has 1 aromatic carbocycles. The third-order valence-corrected chi connectivity index (χ3v) is 6.10. The summed E-state index contributed by atoms with van der Waals surface area (Å²) in [5.41, 5.74) is 1.32. The zero-order valence-electron chi connectivity index (χ0n) is 15.8. The molecule has 2 aliphatic heterocycles. The highest BCUT2D eigenvalue weighted by Crippen LogP contribution is 2.13. The van der Waals surface area contributed by atoms with Crippen LogP contribution < -0.4 is 9.80 Å². The van der Waals surface area contributed by atoms with Crippen LogP contribution in [-0.2, 0) is 24.6 Å². The first-order valence-electron chi connectivity index (χ1n) is 9.83. The summed E-state index contributed by atoms with van der Waals surface area (Å²) in [5.74, 6) is 0.702. The van der Waals surface area contributed by atoms with Gasteiger partial charge in [0, 0.05) is 23.6 Å². The number of benzene rings is 1. The van der Waals surface area contributed by atoms with Gasteiger partial charge in [0.25, 0.3) is 4.84 Å². The van der Waals surface area contributed by atoms with Crippen molar-refractivity contribution in [2.75, 3.05) is 32.7 Å². The molecule has 1 amide bonds. The molecule has 0 spiro atoms. The molecule has 2 saturated heterocycles. The maximum Gasteiger partial charge on any atom is 0.291 e. The van der Waals surface area contributed by atoms with Crippen LogP contribution in [0.3, 0.4) is 0 Å². The van der Waals surface area contributed by atoms with Crippen molar-refractivity contribution in [3.05, 3.63) is 45.6 Å². The average molecular weight is 424 g/mol. The lowest BCUT2D eigenvalue weighted by atomic mass is 10.2. The van der Waals surface area contributed by atoms with Gasteiger partial charge in [0.1, 0.15) is 32.7 Å². The Morgan fingerprint density at radius 2 is 1.86 bits per heavy atom. The van der Waals surface area contributed by atoms with Gasteiger partial charge < -0.3 is 19.1 Å². The first kappa shape index (κ1) is 19.6. The summed E-state index contributed by atoms with van der Waals surface area (Å²) in [6.07, 6.45) is 1.53. The van der Waals surface area contributed by atoms with Gasteiger partial charge in [-0.05, 0) is 30.8 Å². The number of nitrogens with one attached hydrogen (secondary N) is 2. The standard InChI is InChI=1S/C19H24ClN5O2S/c20-16-5-3-15(4-6-16)12-22-8-10-23(11-9-22)14-25-19(28)27-17(21-25)13-24-7-1-2-18(24)26/h3-6H,1-2,7-14H2/p+2. The smallest absolute Gasteiger partial charge is 0.291 e.